The maximum atomic E-state index is 10.6. The van der Waals surface area contributed by atoms with Crippen LogP contribution in [0.2, 0.25) is 0 Å². The maximum Gasteiger partial charge on any atom is 0.322 e. The first-order valence-corrected chi connectivity index (χ1v) is 4.12. The van der Waals surface area contributed by atoms with E-state index in [4.69, 9.17) is 10.8 Å². The molecule has 0 unspecified atom stereocenters. The molecule has 0 aromatic rings. The van der Waals surface area contributed by atoms with Crippen LogP contribution < -0.4 is 16.7 Å². The first-order valence-electron chi connectivity index (χ1n) is 4.12. The molecule has 0 aromatic heterocycles. The van der Waals surface area contributed by atoms with E-state index in [2.05, 4.69) is 15.9 Å². The first kappa shape index (κ1) is 13.0. The van der Waals surface area contributed by atoms with Crippen LogP contribution in [0.1, 0.15) is 12.8 Å². The highest BCUT2D eigenvalue weighted by atomic mass is 16.7. The van der Waals surface area contributed by atoms with Gasteiger partial charge in [-0.2, -0.15) is 0 Å². The summed E-state index contributed by atoms with van der Waals surface area (Å²) in [6.07, 6.45) is 2.44. The van der Waals surface area contributed by atoms with Gasteiger partial charge in [0.05, 0.1) is 0 Å². The molecule has 0 rings (SSSR count). The van der Waals surface area contributed by atoms with Gasteiger partial charge in [-0.05, 0) is 19.4 Å². The number of rotatable bonds is 9. The van der Waals surface area contributed by atoms with Crippen molar-refractivity contribution in [2.45, 2.75) is 18.9 Å². The molecule has 1 radical (unpaired) electrons. The van der Waals surface area contributed by atoms with Gasteiger partial charge in [0, 0.05) is 0 Å². The molecule has 0 bridgehead atoms. The second-order valence-electron chi connectivity index (χ2n) is 2.50. The molecule has 81 valence electrons. The van der Waals surface area contributed by atoms with Crippen LogP contribution >= 0.6 is 0 Å². The van der Waals surface area contributed by atoms with Crippen LogP contribution in [0.4, 0.5) is 0 Å². The lowest BCUT2D eigenvalue weighted by atomic mass is 10.2. The zero-order valence-corrected chi connectivity index (χ0v) is 7.66. The summed E-state index contributed by atoms with van der Waals surface area (Å²) in [7, 11) is 0. The second kappa shape index (κ2) is 8.57. The third-order valence-electron chi connectivity index (χ3n) is 1.43. The Morgan fingerprint density at radius 3 is 2.86 bits per heavy atom. The third-order valence-corrected chi connectivity index (χ3v) is 1.43. The molecule has 7 heteroatoms. The highest BCUT2D eigenvalue weighted by molar-refractivity contribution is 5.73. The van der Waals surface area contributed by atoms with Crippen LogP contribution in [0, 0.1) is 0 Å². The van der Waals surface area contributed by atoms with Crippen molar-refractivity contribution < 1.29 is 19.5 Å². The van der Waals surface area contributed by atoms with Crippen LogP contribution in [0.5, 0.6) is 0 Å². The number of carboxylic acid groups (broad SMARTS) is 1. The second-order valence-corrected chi connectivity index (χ2v) is 2.50. The lowest BCUT2D eigenvalue weighted by Gasteiger charge is -2.13. The molecular formula is C7H14N3O4. The SMILES string of the molecule is NCCC[C@H](NNOC[C]=O)C(=O)O. The smallest absolute Gasteiger partial charge is 0.322 e. The van der Waals surface area contributed by atoms with Crippen molar-refractivity contribution >= 4 is 12.3 Å². The van der Waals surface area contributed by atoms with Gasteiger partial charge in [-0.1, -0.05) is 0 Å². The van der Waals surface area contributed by atoms with E-state index in [-0.39, 0.29) is 6.61 Å². The standard InChI is InChI=1S/C7H14N3O4/c8-3-1-2-6(7(12)13)9-10-14-5-4-11/h6,9-10H,1-3,5,8H2,(H,12,13)/t6-/m0/s1. The minimum Gasteiger partial charge on any atom is -0.480 e. The molecule has 5 N–H and O–H groups in total. The van der Waals surface area contributed by atoms with Gasteiger partial charge in [0.15, 0.2) is 0 Å². The summed E-state index contributed by atoms with van der Waals surface area (Å²) in [6, 6.07) is -0.787. The normalized spacial score (nSPS) is 12.4. The molecule has 0 fully saturated rings. The summed E-state index contributed by atoms with van der Waals surface area (Å²) >= 11 is 0. The molecule has 1 atom stereocenters. The molecule has 0 amide bonds. The van der Waals surface area contributed by atoms with Crippen LogP contribution in [-0.2, 0) is 14.4 Å². The van der Waals surface area contributed by atoms with E-state index in [1.165, 1.54) is 6.29 Å². The van der Waals surface area contributed by atoms with Crippen LogP contribution in [0.15, 0.2) is 0 Å². The summed E-state index contributed by atoms with van der Waals surface area (Å²) in [4.78, 5) is 24.8. The van der Waals surface area contributed by atoms with Crippen molar-refractivity contribution in [2.75, 3.05) is 13.2 Å². The quantitative estimate of drug-likeness (QED) is 0.262. The average Bonchev–Trinajstić information content (AvgIpc) is 2.16. The molecule has 0 aliphatic rings. The summed E-state index contributed by atoms with van der Waals surface area (Å²) in [6.45, 7) is 0.157. The summed E-state index contributed by atoms with van der Waals surface area (Å²) in [5.74, 6) is -1.01. The third kappa shape index (κ3) is 6.49. The highest BCUT2D eigenvalue weighted by Crippen LogP contribution is 1.94. The predicted molar refractivity (Wildman–Crippen MR) is 47.6 cm³/mol. The van der Waals surface area contributed by atoms with E-state index in [1.807, 2.05) is 0 Å². The lowest BCUT2D eigenvalue weighted by molar-refractivity contribution is -0.141. The number of carboxylic acids is 1. The number of carbonyl (C=O) groups is 1. The number of nitrogens with one attached hydrogen (secondary N) is 2. The number of hydrazine groups is 1. The molecular weight excluding hydrogens is 190 g/mol. The minimum atomic E-state index is -1.01. The molecule has 0 heterocycles. The van der Waals surface area contributed by atoms with Crippen molar-refractivity contribution in [3.8, 4) is 0 Å². The van der Waals surface area contributed by atoms with Gasteiger partial charge in [-0.15, -0.1) is 5.59 Å². The lowest BCUT2D eigenvalue weighted by Crippen LogP contribution is -2.45. The summed E-state index contributed by atoms with van der Waals surface area (Å²) in [5, 5.41) is 8.68. The van der Waals surface area contributed by atoms with Gasteiger partial charge in [0.2, 0.25) is 6.29 Å². The molecule has 7 nitrogen and oxygen atoms in total. The molecule has 0 spiro atoms. The van der Waals surface area contributed by atoms with Gasteiger partial charge in [-0.25, -0.2) is 5.43 Å². The van der Waals surface area contributed by atoms with Gasteiger partial charge in [0.1, 0.15) is 12.6 Å². The topological polar surface area (TPSA) is 114 Å². The van der Waals surface area contributed by atoms with Crippen molar-refractivity contribution in [3.05, 3.63) is 0 Å². The van der Waals surface area contributed by atoms with Crippen molar-refractivity contribution in [1.82, 2.24) is 11.0 Å². The predicted octanol–water partition coefficient (Wildman–Crippen LogP) is -1.69. The molecule has 0 aromatic carbocycles. The number of carbonyl (C=O) groups excluding carboxylic acids is 1. The van der Waals surface area contributed by atoms with E-state index >= 15 is 0 Å². The first-order chi connectivity index (χ1) is 6.72. The number of aliphatic carboxylic acids is 1. The number of nitrogens with two attached hydrogens (primary N) is 1. The Morgan fingerprint density at radius 2 is 2.36 bits per heavy atom. The van der Waals surface area contributed by atoms with Gasteiger partial charge in [-0.3, -0.25) is 14.4 Å². The van der Waals surface area contributed by atoms with Crippen LogP contribution in [-0.4, -0.2) is 36.6 Å². The molecule has 0 saturated heterocycles. The van der Waals surface area contributed by atoms with E-state index in [9.17, 15) is 9.59 Å². The van der Waals surface area contributed by atoms with Gasteiger partial charge >= 0.3 is 5.97 Å². The van der Waals surface area contributed by atoms with Crippen LogP contribution in [0.25, 0.3) is 0 Å². The Kier molecular flexibility index (Phi) is 7.95. The van der Waals surface area contributed by atoms with E-state index < -0.39 is 12.0 Å². The molecule has 0 aliphatic heterocycles. The molecule has 0 aliphatic carbocycles. The Hall–Kier alpha value is -1.02. The highest BCUT2D eigenvalue weighted by Gasteiger charge is 2.15. The van der Waals surface area contributed by atoms with Crippen molar-refractivity contribution in [1.29, 1.82) is 0 Å². The maximum absolute atomic E-state index is 10.6. The molecule has 0 saturated carbocycles. The zero-order valence-electron chi connectivity index (χ0n) is 7.66. The van der Waals surface area contributed by atoms with E-state index in [0.717, 1.165) is 0 Å². The number of hydrogen-bond acceptors (Lipinski definition) is 6. The Balaban J connectivity index is 3.62. The van der Waals surface area contributed by atoms with E-state index in [0.29, 0.717) is 19.4 Å². The largest absolute Gasteiger partial charge is 0.480 e. The van der Waals surface area contributed by atoms with E-state index in [1.54, 1.807) is 0 Å². The molecule has 14 heavy (non-hydrogen) atoms. The summed E-state index contributed by atoms with van der Waals surface area (Å²) in [5.41, 5.74) is 9.75. The zero-order chi connectivity index (χ0) is 10.8. The Bertz CT molecular complexity index is 176. The Labute approximate surface area is 81.5 Å². The minimum absolute atomic E-state index is 0.268. The monoisotopic (exact) mass is 204 g/mol. The van der Waals surface area contributed by atoms with Gasteiger partial charge < -0.3 is 10.8 Å². The fourth-order valence-electron chi connectivity index (χ4n) is 0.758. The van der Waals surface area contributed by atoms with Crippen molar-refractivity contribution in [2.24, 2.45) is 5.73 Å². The van der Waals surface area contributed by atoms with Crippen molar-refractivity contribution in [3.63, 3.8) is 0 Å². The summed E-state index contributed by atoms with van der Waals surface area (Å²) < 4.78 is 0. The van der Waals surface area contributed by atoms with Gasteiger partial charge in [0.25, 0.3) is 0 Å². The van der Waals surface area contributed by atoms with Crippen LogP contribution in [0.3, 0.4) is 0 Å². The fourth-order valence-corrected chi connectivity index (χ4v) is 0.758. The fraction of sp³-hybridized carbons (Fsp3) is 0.714. The number of hydrogen-bond donors (Lipinski definition) is 4. The average molecular weight is 204 g/mol. The Morgan fingerprint density at radius 1 is 1.64 bits per heavy atom.